The van der Waals surface area contributed by atoms with Gasteiger partial charge in [-0.25, -0.2) is 0 Å². The summed E-state index contributed by atoms with van der Waals surface area (Å²) < 4.78 is 5.60. The van der Waals surface area contributed by atoms with Gasteiger partial charge in [0.2, 0.25) is 0 Å². The lowest BCUT2D eigenvalue weighted by molar-refractivity contribution is 0.123. The quantitative estimate of drug-likeness (QED) is 0.871. The summed E-state index contributed by atoms with van der Waals surface area (Å²) in [5.74, 6) is 0.805. The van der Waals surface area contributed by atoms with E-state index in [2.05, 4.69) is 0 Å². The van der Waals surface area contributed by atoms with Crippen LogP contribution in [0.3, 0.4) is 0 Å². The van der Waals surface area contributed by atoms with E-state index in [1.807, 2.05) is 54.6 Å². The van der Waals surface area contributed by atoms with Crippen LogP contribution < -0.4 is 4.74 Å². The topological polar surface area (TPSA) is 29.5 Å². The standard InChI is InChI=1S/C15H16O2/c1-12(16)11-17-15-10-6-5-9-14(15)13-7-3-2-4-8-13/h2-10,12,16H,11H2,1H3/t12-/m1/s1. The van der Waals surface area contributed by atoms with Crippen LogP contribution in [0.15, 0.2) is 54.6 Å². The number of benzene rings is 2. The Morgan fingerprint density at radius 3 is 2.35 bits per heavy atom. The van der Waals surface area contributed by atoms with Crippen LogP contribution >= 0.6 is 0 Å². The summed E-state index contributed by atoms with van der Waals surface area (Å²) in [7, 11) is 0. The Hall–Kier alpha value is -1.80. The molecule has 2 aromatic carbocycles. The van der Waals surface area contributed by atoms with Crippen molar-refractivity contribution in [2.24, 2.45) is 0 Å². The van der Waals surface area contributed by atoms with Gasteiger partial charge in [0.05, 0.1) is 6.10 Å². The highest BCUT2D eigenvalue weighted by atomic mass is 16.5. The van der Waals surface area contributed by atoms with E-state index in [-0.39, 0.29) is 0 Å². The van der Waals surface area contributed by atoms with Gasteiger partial charge in [-0.3, -0.25) is 0 Å². The average molecular weight is 228 g/mol. The highest BCUT2D eigenvalue weighted by Crippen LogP contribution is 2.29. The van der Waals surface area contributed by atoms with Crippen LogP contribution in [0.1, 0.15) is 6.92 Å². The molecular formula is C15H16O2. The predicted octanol–water partition coefficient (Wildman–Crippen LogP) is 3.11. The molecule has 88 valence electrons. The summed E-state index contributed by atoms with van der Waals surface area (Å²) in [6.07, 6.45) is -0.459. The first-order valence-electron chi connectivity index (χ1n) is 5.72. The number of hydrogen-bond acceptors (Lipinski definition) is 2. The van der Waals surface area contributed by atoms with Gasteiger partial charge in [-0.2, -0.15) is 0 Å². The van der Waals surface area contributed by atoms with Crippen molar-refractivity contribution < 1.29 is 9.84 Å². The second kappa shape index (κ2) is 5.51. The minimum Gasteiger partial charge on any atom is -0.490 e. The third kappa shape index (κ3) is 3.08. The van der Waals surface area contributed by atoms with E-state index in [0.717, 1.165) is 16.9 Å². The zero-order chi connectivity index (χ0) is 12.1. The van der Waals surface area contributed by atoms with Crippen LogP contribution in [0.2, 0.25) is 0 Å². The molecule has 0 bridgehead atoms. The van der Waals surface area contributed by atoms with Gasteiger partial charge in [0.1, 0.15) is 12.4 Å². The third-order valence-corrected chi connectivity index (χ3v) is 2.45. The van der Waals surface area contributed by atoms with Gasteiger partial charge in [0.15, 0.2) is 0 Å². The van der Waals surface area contributed by atoms with Crippen molar-refractivity contribution in [3.05, 3.63) is 54.6 Å². The van der Waals surface area contributed by atoms with Crippen LogP contribution in [0, 0.1) is 0 Å². The molecule has 0 fully saturated rings. The maximum Gasteiger partial charge on any atom is 0.127 e. The minimum atomic E-state index is -0.459. The van der Waals surface area contributed by atoms with Crippen molar-refractivity contribution in [2.45, 2.75) is 13.0 Å². The molecule has 17 heavy (non-hydrogen) atoms. The molecule has 0 spiro atoms. The van der Waals surface area contributed by atoms with E-state index in [0.29, 0.717) is 6.61 Å². The third-order valence-electron chi connectivity index (χ3n) is 2.45. The van der Waals surface area contributed by atoms with Crippen molar-refractivity contribution in [3.63, 3.8) is 0 Å². The van der Waals surface area contributed by atoms with Gasteiger partial charge in [-0.1, -0.05) is 48.5 Å². The summed E-state index contributed by atoms with van der Waals surface area (Å²) in [5.41, 5.74) is 2.17. The SMILES string of the molecule is C[C@@H](O)COc1ccccc1-c1ccccc1. The van der Waals surface area contributed by atoms with Gasteiger partial charge >= 0.3 is 0 Å². The van der Waals surface area contributed by atoms with Crippen LogP contribution in [0.25, 0.3) is 11.1 Å². The molecule has 0 saturated carbocycles. The molecule has 2 aromatic rings. The first kappa shape index (κ1) is 11.7. The van der Waals surface area contributed by atoms with Gasteiger partial charge in [-0.05, 0) is 18.6 Å². The molecular weight excluding hydrogens is 212 g/mol. The molecule has 0 aliphatic heterocycles. The Bertz CT molecular complexity index is 463. The number of para-hydroxylation sites is 1. The van der Waals surface area contributed by atoms with Gasteiger partial charge < -0.3 is 9.84 Å². The van der Waals surface area contributed by atoms with Crippen LogP contribution in [0.5, 0.6) is 5.75 Å². The number of rotatable bonds is 4. The summed E-state index contributed by atoms with van der Waals surface area (Å²) >= 11 is 0. The van der Waals surface area contributed by atoms with E-state index in [4.69, 9.17) is 4.74 Å². The lowest BCUT2D eigenvalue weighted by Gasteiger charge is -2.12. The second-order valence-corrected chi connectivity index (χ2v) is 4.02. The number of aliphatic hydroxyl groups excluding tert-OH is 1. The molecule has 0 amide bonds. The Kier molecular flexibility index (Phi) is 3.78. The van der Waals surface area contributed by atoms with Crippen molar-refractivity contribution >= 4 is 0 Å². The smallest absolute Gasteiger partial charge is 0.127 e. The lowest BCUT2D eigenvalue weighted by Crippen LogP contribution is -2.13. The van der Waals surface area contributed by atoms with Crippen molar-refractivity contribution in [3.8, 4) is 16.9 Å². The van der Waals surface area contributed by atoms with Crippen molar-refractivity contribution in [1.29, 1.82) is 0 Å². The molecule has 2 heteroatoms. The average Bonchev–Trinajstić information content (AvgIpc) is 2.38. The van der Waals surface area contributed by atoms with E-state index in [1.165, 1.54) is 0 Å². The van der Waals surface area contributed by atoms with Crippen molar-refractivity contribution in [2.75, 3.05) is 6.61 Å². The molecule has 0 radical (unpaired) electrons. The first-order chi connectivity index (χ1) is 8.27. The molecule has 0 unspecified atom stereocenters. The minimum absolute atomic E-state index is 0.309. The van der Waals surface area contributed by atoms with E-state index < -0.39 is 6.10 Å². The molecule has 2 nitrogen and oxygen atoms in total. The van der Waals surface area contributed by atoms with Crippen molar-refractivity contribution in [1.82, 2.24) is 0 Å². The molecule has 1 atom stereocenters. The normalized spacial score (nSPS) is 12.1. The molecule has 0 aliphatic carbocycles. The largest absolute Gasteiger partial charge is 0.490 e. The van der Waals surface area contributed by atoms with Gasteiger partial charge in [0.25, 0.3) is 0 Å². The Labute approximate surface area is 101 Å². The summed E-state index contributed by atoms with van der Waals surface area (Å²) in [4.78, 5) is 0. The lowest BCUT2D eigenvalue weighted by atomic mass is 10.1. The Morgan fingerprint density at radius 1 is 1.00 bits per heavy atom. The predicted molar refractivity (Wildman–Crippen MR) is 69.1 cm³/mol. The fourth-order valence-corrected chi connectivity index (χ4v) is 1.66. The zero-order valence-corrected chi connectivity index (χ0v) is 9.84. The Balaban J connectivity index is 2.28. The molecule has 0 saturated heterocycles. The zero-order valence-electron chi connectivity index (χ0n) is 9.84. The number of aliphatic hydroxyl groups is 1. The number of hydrogen-bond donors (Lipinski definition) is 1. The van der Waals surface area contributed by atoms with E-state index >= 15 is 0 Å². The summed E-state index contributed by atoms with van der Waals surface area (Å²) in [5, 5.41) is 9.25. The molecule has 0 aliphatic rings. The maximum absolute atomic E-state index is 9.25. The van der Waals surface area contributed by atoms with Crippen LogP contribution in [0.4, 0.5) is 0 Å². The fraction of sp³-hybridized carbons (Fsp3) is 0.200. The summed E-state index contributed by atoms with van der Waals surface area (Å²) in [6.45, 7) is 2.02. The van der Waals surface area contributed by atoms with Crippen LogP contribution in [-0.2, 0) is 0 Å². The van der Waals surface area contributed by atoms with Crippen LogP contribution in [-0.4, -0.2) is 17.8 Å². The highest BCUT2D eigenvalue weighted by molar-refractivity contribution is 5.70. The number of ether oxygens (including phenoxy) is 1. The highest BCUT2D eigenvalue weighted by Gasteiger charge is 2.06. The summed E-state index contributed by atoms with van der Waals surface area (Å²) in [6, 6.07) is 17.9. The first-order valence-corrected chi connectivity index (χ1v) is 5.72. The van der Waals surface area contributed by atoms with Gasteiger partial charge in [-0.15, -0.1) is 0 Å². The fourth-order valence-electron chi connectivity index (χ4n) is 1.66. The molecule has 0 aromatic heterocycles. The molecule has 1 N–H and O–H groups in total. The molecule has 0 heterocycles. The maximum atomic E-state index is 9.25. The Morgan fingerprint density at radius 2 is 1.65 bits per heavy atom. The molecule has 2 rings (SSSR count). The monoisotopic (exact) mass is 228 g/mol. The van der Waals surface area contributed by atoms with Gasteiger partial charge in [0, 0.05) is 5.56 Å². The van der Waals surface area contributed by atoms with E-state index in [9.17, 15) is 5.11 Å². The van der Waals surface area contributed by atoms with E-state index in [1.54, 1.807) is 6.92 Å². The second-order valence-electron chi connectivity index (χ2n) is 4.02.